The minimum atomic E-state index is -0.124. The van der Waals surface area contributed by atoms with Crippen molar-refractivity contribution in [1.29, 1.82) is 0 Å². The zero-order valence-electron chi connectivity index (χ0n) is 18.9. The number of aliphatic imine (C=N–C) groups is 1. The molecule has 0 N–H and O–H groups in total. The first kappa shape index (κ1) is 19.6. The first-order valence-electron chi connectivity index (χ1n) is 12.3. The van der Waals surface area contributed by atoms with E-state index in [1.54, 1.807) is 6.92 Å². The quantitative estimate of drug-likeness (QED) is 0.598. The summed E-state index contributed by atoms with van der Waals surface area (Å²) in [4.78, 5) is 19.1. The van der Waals surface area contributed by atoms with E-state index < -0.39 is 0 Å². The van der Waals surface area contributed by atoms with Crippen molar-refractivity contribution in [2.75, 3.05) is 19.7 Å². The molecule has 1 aromatic rings. The Morgan fingerprint density at radius 1 is 1.19 bits per heavy atom. The van der Waals surface area contributed by atoms with Gasteiger partial charge in [0.05, 0.1) is 0 Å². The number of esters is 1. The normalized spacial score (nSPS) is 35.9. The number of likely N-dealkylation sites (tertiary alicyclic amines) is 1. The molecule has 3 fully saturated rings. The van der Waals surface area contributed by atoms with Crippen molar-refractivity contribution in [2.24, 2.45) is 22.2 Å². The van der Waals surface area contributed by atoms with E-state index in [-0.39, 0.29) is 17.5 Å². The van der Waals surface area contributed by atoms with Crippen LogP contribution < -0.4 is 4.74 Å². The van der Waals surface area contributed by atoms with Gasteiger partial charge >= 0.3 is 5.97 Å². The lowest BCUT2D eigenvalue weighted by Gasteiger charge is -2.50. The molecule has 0 radical (unpaired) electrons. The number of hydrogen-bond acceptors (Lipinski definition) is 5. The van der Waals surface area contributed by atoms with Gasteiger partial charge in [-0.15, -0.1) is 0 Å². The maximum Gasteiger partial charge on any atom is 0.302 e. The van der Waals surface area contributed by atoms with Crippen LogP contribution in [0.1, 0.15) is 75.8 Å². The van der Waals surface area contributed by atoms with Crippen LogP contribution in [-0.4, -0.2) is 42.5 Å². The summed E-state index contributed by atoms with van der Waals surface area (Å²) in [7, 11) is 0. The Morgan fingerprint density at radius 2 is 2.03 bits per heavy atom. The van der Waals surface area contributed by atoms with E-state index in [4.69, 9.17) is 14.5 Å². The van der Waals surface area contributed by atoms with Crippen LogP contribution in [-0.2, 0) is 16.0 Å². The monoisotopic (exact) mass is 422 g/mol. The summed E-state index contributed by atoms with van der Waals surface area (Å²) in [6, 6.07) is 4.65. The molecule has 1 saturated heterocycles. The standard InChI is InChI=1S/C26H34N2O3/c1-16(29)31-24-8-7-21-19-6-5-17-13-23-22(14-20(17)18(19)9-10-26(21,24)2)27-25(15-30-23)28-11-3-4-12-28/h13-14,18-19,21,24H,3-12,15H2,1-2H3/t18-,19+,21-,24-,26-/m0/s1. The Kier molecular flexibility index (Phi) is 4.59. The summed E-state index contributed by atoms with van der Waals surface area (Å²) in [5.74, 6) is 3.90. The molecule has 0 bridgehead atoms. The highest BCUT2D eigenvalue weighted by Gasteiger charge is 2.56. The van der Waals surface area contributed by atoms with Gasteiger partial charge in [0.25, 0.3) is 0 Å². The third kappa shape index (κ3) is 3.10. The maximum absolute atomic E-state index is 11.7. The summed E-state index contributed by atoms with van der Waals surface area (Å²) in [6.45, 7) is 6.77. The van der Waals surface area contributed by atoms with Crippen LogP contribution in [0.2, 0.25) is 0 Å². The summed E-state index contributed by atoms with van der Waals surface area (Å²) in [5, 5.41) is 0. The molecule has 2 saturated carbocycles. The van der Waals surface area contributed by atoms with Gasteiger partial charge in [0, 0.05) is 25.4 Å². The molecule has 5 aliphatic rings. The number of nitrogens with zero attached hydrogens (tertiary/aromatic N) is 2. The van der Waals surface area contributed by atoms with Crippen molar-refractivity contribution in [3.63, 3.8) is 0 Å². The maximum atomic E-state index is 11.7. The van der Waals surface area contributed by atoms with E-state index in [0.717, 1.165) is 49.6 Å². The molecule has 0 amide bonds. The number of aryl methyl sites for hydroxylation is 1. The third-order valence-electron chi connectivity index (χ3n) is 9.10. The van der Waals surface area contributed by atoms with Crippen LogP contribution in [0, 0.1) is 17.3 Å². The van der Waals surface area contributed by atoms with Crippen molar-refractivity contribution in [3.8, 4) is 5.75 Å². The number of fused-ring (bicyclic) bond motifs is 6. The molecule has 1 aromatic carbocycles. The predicted molar refractivity (Wildman–Crippen MR) is 120 cm³/mol. The van der Waals surface area contributed by atoms with Gasteiger partial charge in [-0.25, -0.2) is 4.99 Å². The van der Waals surface area contributed by atoms with Crippen LogP contribution in [0.25, 0.3) is 0 Å². The van der Waals surface area contributed by atoms with E-state index in [2.05, 4.69) is 24.0 Å². The first-order chi connectivity index (χ1) is 15.0. The number of rotatable bonds is 1. The van der Waals surface area contributed by atoms with Gasteiger partial charge in [-0.2, -0.15) is 0 Å². The number of benzene rings is 1. The molecule has 0 spiro atoms. The van der Waals surface area contributed by atoms with Crippen molar-refractivity contribution < 1.29 is 14.3 Å². The zero-order chi connectivity index (χ0) is 21.2. The van der Waals surface area contributed by atoms with Crippen LogP contribution in [0.5, 0.6) is 5.75 Å². The van der Waals surface area contributed by atoms with Crippen LogP contribution in [0.3, 0.4) is 0 Å². The minimum absolute atomic E-state index is 0.0990. The molecule has 0 unspecified atom stereocenters. The molecule has 5 atom stereocenters. The van der Waals surface area contributed by atoms with Gasteiger partial charge in [0.1, 0.15) is 30.0 Å². The fraction of sp³-hybridized carbons (Fsp3) is 0.692. The summed E-state index contributed by atoms with van der Waals surface area (Å²) < 4.78 is 12.0. The molecule has 5 heteroatoms. The van der Waals surface area contributed by atoms with Gasteiger partial charge in [-0.1, -0.05) is 6.92 Å². The molecular weight excluding hydrogens is 388 g/mol. The van der Waals surface area contributed by atoms with E-state index >= 15 is 0 Å². The van der Waals surface area contributed by atoms with E-state index in [0.29, 0.717) is 24.4 Å². The third-order valence-corrected chi connectivity index (χ3v) is 9.10. The topological polar surface area (TPSA) is 51.1 Å². The number of carbonyl (C=O) groups is 1. The molecule has 6 rings (SSSR count). The van der Waals surface area contributed by atoms with Crippen molar-refractivity contribution >= 4 is 17.5 Å². The Morgan fingerprint density at radius 3 is 2.84 bits per heavy atom. The van der Waals surface area contributed by atoms with Crippen LogP contribution in [0.15, 0.2) is 17.1 Å². The van der Waals surface area contributed by atoms with Crippen molar-refractivity contribution in [2.45, 2.75) is 77.2 Å². The van der Waals surface area contributed by atoms with Gasteiger partial charge in [-0.3, -0.25) is 4.79 Å². The second-order valence-corrected chi connectivity index (χ2v) is 10.7. The van der Waals surface area contributed by atoms with Crippen LogP contribution in [0.4, 0.5) is 5.69 Å². The Labute approximate surface area is 185 Å². The van der Waals surface area contributed by atoms with Gasteiger partial charge in [0.15, 0.2) is 0 Å². The molecular formula is C26H34N2O3. The number of hydrogen-bond donors (Lipinski definition) is 0. The molecule has 31 heavy (non-hydrogen) atoms. The number of carbonyl (C=O) groups excluding carboxylic acids is 1. The van der Waals surface area contributed by atoms with E-state index in [9.17, 15) is 4.79 Å². The van der Waals surface area contributed by atoms with E-state index in [1.165, 1.54) is 43.2 Å². The van der Waals surface area contributed by atoms with E-state index in [1.807, 2.05) is 0 Å². The predicted octanol–water partition coefficient (Wildman–Crippen LogP) is 4.99. The molecule has 0 aromatic heterocycles. The lowest BCUT2D eigenvalue weighted by Crippen LogP contribution is -2.45. The van der Waals surface area contributed by atoms with Crippen molar-refractivity contribution in [1.82, 2.24) is 4.90 Å². The zero-order valence-corrected chi connectivity index (χ0v) is 18.9. The fourth-order valence-corrected chi connectivity index (χ4v) is 7.59. The molecule has 2 heterocycles. The number of ether oxygens (including phenoxy) is 2. The SMILES string of the molecule is CC(=O)O[C@H]1CC[C@H]2[C@@H]3CCc4cc5c(cc4[C@H]3CC[C@]12C)N=C(N1CCCC1)CO5. The summed E-state index contributed by atoms with van der Waals surface area (Å²) in [5.41, 5.74) is 4.16. The van der Waals surface area contributed by atoms with Gasteiger partial charge < -0.3 is 14.4 Å². The van der Waals surface area contributed by atoms with Gasteiger partial charge in [0.2, 0.25) is 0 Å². The summed E-state index contributed by atoms with van der Waals surface area (Å²) >= 11 is 0. The van der Waals surface area contributed by atoms with Gasteiger partial charge in [-0.05, 0) is 92.4 Å². The Balaban J connectivity index is 1.30. The average molecular weight is 423 g/mol. The minimum Gasteiger partial charge on any atom is -0.483 e. The summed E-state index contributed by atoms with van der Waals surface area (Å²) in [6.07, 6.45) is 9.53. The lowest BCUT2D eigenvalue weighted by molar-refractivity contribution is -0.154. The number of amidine groups is 1. The fourth-order valence-electron chi connectivity index (χ4n) is 7.59. The molecule has 2 aliphatic heterocycles. The highest BCUT2D eigenvalue weighted by molar-refractivity contribution is 5.89. The Bertz CT molecular complexity index is 935. The highest BCUT2D eigenvalue weighted by Crippen LogP contribution is 2.62. The second kappa shape index (κ2) is 7.25. The molecule has 166 valence electrons. The molecule has 3 aliphatic carbocycles. The lowest BCUT2D eigenvalue weighted by atomic mass is 9.55. The van der Waals surface area contributed by atoms with Crippen LogP contribution >= 0.6 is 0 Å². The average Bonchev–Trinajstić information content (AvgIpc) is 3.40. The second-order valence-electron chi connectivity index (χ2n) is 10.7. The highest BCUT2D eigenvalue weighted by atomic mass is 16.5. The Hall–Kier alpha value is -2.04. The molecule has 5 nitrogen and oxygen atoms in total. The smallest absolute Gasteiger partial charge is 0.302 e. The largest absolute Gasteiger partial charge is 0.483 e. The first-order valence-corrected chi connectivity index (χ1v) is 12.3. The van der Waals surface area contributed by atoms with Crippen molar-refractivity contribution in [3.05, 3.63) is 23.3 Å².